The summed E-state index contributed by atoms with van der Waals surface area (Å²) in [5.41, 5.74) is -0.238. The first-order valence-corrected chi connectivity index (χ1v) is 7.75. The van der Waals surface area contributed by atoms with Crippen LogP contribution < -0.4 is 5.32 Å². The quantitative estimate of drug-likeness (QED) is 0.485. The summed E-state index contributed by atoms with van der Waals surface area (Å²) in [7, 11) is 0. The second kappa shape index (κ2) is 6.75. The zero-order chi connectivity index (χ0) is 18.8. The fourth-order valence-electron chi connectivity index (χ4n) is 2.43. The number of esters is 1. The maximum Gasteiger partial charge on any atom is 0.342 e. The third-order valence-electron chi connectivity index (χ3n) is 3.75. The number of anilines is 1. The van der Waals surface area contributed by atoms with Crippen LogP contribution in [0.1, 0.15) is 23.0 Å². The van der Waals surface area contributed by atoms with Crippen LogP contribution in [0.2, 0.25) is 0 Å². The van der Waals surface area contributed by atoms with Gasteiger partial charge in [-0.1, -0.05) is 29.4 Å². The summed E-state index contributed by atoms with van der Waals surface area (Å²) in [6, 6.07) is 9.13. The highest BCUT2D eigenvalue weighted by Crippen LogP contribution is 2.35. The van der Waals surface area contributed by atoms with Crippen molar-refractivity contribution >= 4 is 28.5 Å². The van der Waals surface area contributed by atoms with E-state index < -0.39 is 18.0 Å². The summed E-state index contributed by atoms with van der Waals surface area (Å²) in [5.74, 6) is -1.36. The summed E-state index contributed by atoms with van der Waals surface area (Å²) < 4.78 is 9.91. The number of ether oxygens (including phenoxy) is 1. The molecule has 0 fully saturated rings. The maximum atomic E-state index is 12.3. The van der Waals surface area contributed by atoms with Gasteiger partial charge in [-0.2, -0.15) is 0 Å². The van der Waals surface area contributed by atoms with Gasteiger partial charge in [-0.25, -0.2) is 4.79 Å². The maximum absolute atomic E-state index is 12.3. The van der Waals surface area contributed by atoms with Gasteiger partial charge in [-0.3, -0.25) is 4.79 Å². The molecule has 3 rings (SSSR count). The lowest BCUT2D eigenvalue weighted by molar-refractivity contribution is -0.123. The molecule has 1 amide bonds. The number of amides is 1. The molecule has 8 nitrogen and oxygen atoms in total. The lowest BCUT2D eigenvalue weighted by Gasteiger charge is -2.14. The Hall–Kier alpha value is -3.55. The predicted octanol–water partition coefficient (Wildman–Crippen LogP) is 2.73. The first kappa shape index (κ1) is 17.3. The Bertz CT molecular complexity index is 995. The number of fused-ring (bicyclic) bond motifs is 1. The number of phenols is 2. The third-order valence-corrected chi connectivity index (χ3v) is 3.75. The highest BCUT2D eigenvalue weighted by Gasteiger charge is 2.23. The molecule has 3 N–H and O–H groups in total. The van der Waals surface area contributed by atoms with Crippen LogP contribution in [0, 0.1) is 6.92 Å². The summed E-state index contributed by atoms with van der Waals surface area (Å²) in [4.78, 5) is 24.4. The van der Waals surface area contributed by atoms with E-state index in [-0.39, 0.29) is 22.9 Å². The number of nitrogens with zero attached hydrogens (tertiary/aromatic N) is 1. The molecule has 0 unspecified atom stereocenters. The van der Waals surface area contributed by atoms with E-state index in [9.17, 15) is 19.8 Å². The Kier molecular flexibility index (Phi) is 4.49. The monoisotopic (exact) mass is 356 g/mol. The predicted molar refractivity (Wildman–Crippen MR) is 92.0 cm³/mol. The number of nitrogens with one attached hydrogen (secondary N) is 1. The first-order valence-electron chi connectivity index (χ1n) is 7.75. The van der Waals surface area contributed by atoms with E-state index in [0.717, 1.165) is 6.07 Å². The molecule has 134 valence electrons. The van der Waals surface area contributed by atoms with Gasteiger partial charge in [0, 0.05) is 16.8 Å². The van der Waals surface area contributed by atoms with Crippen molar-refractivity contribution in [3.63, 3.8) is 0 Å². The number of phenolic OH excluding ortho intramolecular Hbond substituents is 2. The molecule has 0 aliphatic carbocycles. The van der Waals surface area contributed by atoms with Gasteiger partial charge in [0.2, 0.25) is 0 Å². The highest BCUT2D eigenvalue weighted by atomic mass is 16.5. The first-order chi connectivity index (χ1) is 12.4. The van der Waals surface area contributed by atoms with Crippen LogP contribution >= 0.6 is 0 Å². The normalized spacial score (nSPS) is 11.9. The van der Waals surface area contributed by atoms with Gasteiger partial charge in [0.25, 0.3) is 5.91 Å². The van der Waals surface area contributed by atoms with Crippen LogP contribution in [0.15, 0.2) is 40.9 Å². The number of aromatic nitrogens is 1. The molecule has 0 spiro atoms. The zero-order valence-electron chi connectivity index (χ0n) is 14.0. The van der Waals surface area contributed by atoms with Gasteiger partial charge in [0.1, 0.15) is 22.8 Å². The van der Waals surface area contributed by atoms with Crippen LogP contribution in [0.3, 0.4) is 0 Å². The summed E-state index contributed by atoms with van der Waals surface area (Å²) >= 11 is 0. The van der Waals surface area contributed by atoms with E-state index in [1.54, 1.807) is 31.2 Å². The second-order valence-corrected chi connectivity index (χ2v) is 5.70. The topological polar surface area (TPSA) is 122 Å². The standard InChI is InChI=1S/C18H16N2O6/c1-9-7-15(20-26-9)19-17(23)10(2)25-18(24)13-8-14(21)11-5-3-4-6-12(11)16(13)22/h3-8,10,21-22H,1-2H3,(H,19,20,23)/t10-/m0/s1. The molecule has 2 aromatic carbocycles. The number of carbonyl (C=O) groups excluding carboxylic acids is 2. The van der Waals surface area contributed by atoms with Crippen LogP contribution in [-0.4, -0.2) is 33.4 Å². The number of carbonyl (C=O) groups is 2. The molecule has 8 heteroatoms. The third kappa shape index (κ3) is 3.30. The number of aryl methyl sites for hydroxylation is 1. The summed E-state index contributed by atoms with van der Waals surface area (Å²) in [6.45, 7) is 3.04. The Balaban J connectivity index is 1.78. The fourth-order valence-corrected chi connectivity index (χ4v) is 2.43. The van der Waals surface area contributed by atoms with Gasteiger partial charge in [0.15, 0.2) is 11.9 Å². The molecule has 0 radical (unpaired) electrons. The molecule has 1 heterocycles. The van der Waals surface area contributed by atoms with E-state index in [1.807, 2.05) is 0 Å². The van der Waals surface area contributed by atoms with E-state index in [0.29, 0.717) is 16.5 Å². The molecule has 1 atom stereocenters. The number of benzene rings is 2. The number of rotatable bonds is 4. The number of aromatic hydroxyl groups is 2. The lowest BCUT2D eigenvalue weighted by atomic mass is 10.0. The molecule has 0 bridgehead atoms. The van der Waals surface area contributed by atoms with Crippen molar-refractivity contribution in [2.24, 2.45) is 0 Å². The molecule has 0 aliphatic heterocycles. The van der Waals surface area contributed by atoms with Crippen LogP contribution in [0.4, 0.5) is 5.82 Å². The van der Waals surface area contributed by atoms with Crippen molar-refractivity contribution in [1.29, 1.82) is 0 Å². The minimum absolute atomic E-state index is 0.180. The molecule has 0 aliphatic rings. The molecular weight excluding hydrogens is 340 g/mol. The molecule has 3 aromatic rings. The molecule has 0 saturated heterocycles. The number of hydrogen-bond acceptors (Lipinski definition) is 7. The van der Waals surface area contributed by atoms with Gasteiger partial charge < -0.3 is 24.8 Å². The van der Waals surface area contributed by atoms with Gasteiger partial charge in [-0.05, 0) is 19.9 Å². The van der Waals surface area contributed by atoms with E-state index >= 15 is 0 Å². The van der Waals surface area contributed by atoms with Crippen molar-refractivity contribution in [3.8, 4) is 11.5 Å². The van der Waals surface area contributed by atoms with E-state index in [4.69, 9.17) is 9.26 Å². The Morgan fingerprint density at radius 1 is 1.19 bits per heavy atom. The molecule has 1 aromatic heterocycles. The van der Waals surface area contributed by atoms with Crippen LogP contribution in [-0.2, 0) is 9.53 Å². The van der Waals surface area contributed by atoms with Gasteiger partial charge >= 0.3 is 5.97 Å². The van der Waals surface area contributed by atoms with Crippen molar-refractivity contribution < 1.29 is 29.1 Å². The van der Waals surface area contributed by atoms with E-state index in [2.05, 4.69) is 10.5 Å². The number of hydrogen-bond donors (Lipinski definition) is 3. The largest absolute Gasteiger partial charge is 0.507 e. The smallest absolute Gasteiger partial charge is 0.342 e. The Labute approximate surface area is 148 Å². The summed E-state index contributed by atoms with van der Waals surface area (Å²) in [6.07, 6.45) is -1.16. The summed E-state index contributed by atoms with van der Waals surface area (Å²) in [5, 5.41) is 27.1. The SMILES string of the molecule is Cc1cc(NC(=O)[C@H](C)OC(=O)c2cc(O)c3ccccc3c2O)no1. The average Bonchev–Trinajstić information content (AvgIpc) is 3.02. The van der Waals surface area contributed by atoms with Crippen molar-refractivity contribution in [3.05, 3.63) is 47.7 Å². The minimum Gasteiger partial charge on any atom is -0.507 e. The molecule has 0 saturated carbocycles. The molecular formula is C18H16N2O6. The van der Waals surface area contributed by atoms with Crippen LogP contribution in [0.25, 0.3) is 10.8 Å². The van der Waals surface area contributed by atoms with Crippen LogP contribution in [0.5, 0.6) is 11.5 Å². The second-order valence-electron chi connectivity index (χ2n) is 5.70. The highest BCUT2D eigenvalue weighted by molar-refractivity contribution is 6.04. The Morgan fingerprint density at radius 3 is 2.54 bits per heavy atom. The fraction of sp³-hybridized carbons (Fsp3) is 0.167. The van der Waals surface area contributed by atoms with Crippen molar-refractivity contribution in [2.45, 2.75) is 20.0 Å². The van der Waals surface area contributed by atoms with Gasteiger partial charge in [-0.15, -0.1) is 0 Å². The minimum atomic E-state index is -1.16. The zero-order valence-corrected chi connectivity index (χ0v) is 14.0. The average molecular weight is 356 g/mol. The van der Waals surface area contributed by atoms with Crippen molar-refractivity contribution in [2.75, 3.05) is 5.32 Å². The van der Waals surface area contributed by atoms with Crippen molar-refractivity contribution in [1.82, 2.24) is 5.16 Å². The molecule has 26 heavy (non-hydrogen) atoms. The van der Waals surface area contributed by atoms with Gasteiger partial charge in [0.05, 0.1) is 0 Å². The lowest BCUT2D eigenvalue weighted by Crippen LogP contribution is -2.30. The Morgan fingerprint density at radius 2 is 1.88 bits per heavy atom. The van der Waals surface area contributed by atoms with E-state index in [1.165, 1.54) is 13.0 Å².